The van der Waals surface area contributed by atoms with Gasteiger partial charge in [0.25, 0.3) is 0 Å². The van der Waals surface area contributed by atoms with Gasteiger partial charge in [-0.2, -0.15) is 0 Å². The highest BCUT2D eigenvalue weighted by Crippen LogP contribution is 2.34. The van der Waals surface area contributed by atoms with E-state index in [1.807, 2.05) is 0 Å². The van der Waals surface area contributed by atoms with E-state index in [0.29, 0.717) is 11.4 Å². The van der Waals surface area contributed by atoms with Crippen molar-refractivity contribution in [3.63, 3.8) is 0 Å². The molecular formula is C14H26N2OS. The smallest absolute Gasteiger partial charge is 0.220 e. The van der Waals surface area contributed by atoms with Gasteiger partial charge in [-0.3, -0.25) is 4.79 Å². The summed E-state index contributed by atoms with van der Waals surface area (Å²) in [6.07, 6.45) is 7.78. The summed E-state index contributed by atoms with van der Waals surface area (Å²) < 4.78 is 0. The molecule has 0 atom stereocenters. The molecule has 0 bridgehead atoms. The van der Waals surface area contributed by atoms with E-state index >= 15 is 0 Å². The van der Waals surface area contributed by atoms with Gasteiger partial charge in [0.2, 0.25) is 5.91 Å². The molecule has 104 valence electrons. The van der Waals surface area contributed by atoms with Crippen molar-refractivity contribution in [3.05, 3.63) is 0 Å². The molecule has 4 heteroatoms. The summed E-state index contributed by atoms with van der Waals surface area (Å²) in [6, 6.07) is 0. The van der Waals surface area contributed by atoms with Crippen LogP contribution in [0.4, 0.5) is 0 Å². The van der Waals surface area contributed by atoms with Gasteiger partial charge in [0.05, 0.1) is 10.5 Å². The second-order valence-electron chi connectivity index (χ2n) is 5.45. The number of amides is 1. The van der Waals surface area contributed by atoms with Crippen LogP contribution < -0.4 is 11.1 Å². The zero-order valence-corrected chi connectivity index (χ0v) is 12.4. The molecule has 1 aliphatic rings. The van der Waals surface area contributed by atoms with E-state index in [0.717, 1.165) is 44.4 Å². The molecule has 3 N–H and O–H groups in total. The van der Waals surface area contributed by atoms with Crippen LogP contribution in [-0.2, 0) is 4.79 Å². The Morgan fingerprint density at radius 1 is 1.39 bits per heavy atom. The van der Waals surface area contributed by atoms with Crippen molar-refractivity contribution in [2.24, 2.45) is 11.7 Å². The zero-order chi connectivity index (χ0) is 13.6. The minimum Gasteiger partial charge on any atom is -0.391 e. The Labute approximate surface area is 116 Å². The molecule has 1 aliphatic carbocycles. The van der Waals surface area contributed by atoms with Gasteiger partial charge in [-0.1, -0.05) is 38.9 Å². The van der Waals surface area contributed by atoms with Crippen LogP contribution in [0.5, 0.6) is 0 Å². The Kier molecular flexibility index (Phi) is 6.06. The summed E-state index contributed by atoms with van der Waals surface area (Å²) in [5.74, 6) is 0.861. The monoisotopic (exact) mass is 270 g/mol. The Bertz CT molecular complexity index is 296. The van der Waals surface area contributed by atoms with Crippen LogP contribution in [0, 0.1) is 5.92 Å². The van der Waals surface area contributed by atoms with Crippen molar-refractivity contribution < 1.29 is 4.79 Å². The molecule has 18 heavy (non-hydrogen) atoms. The molecule has 1 saturated carbocycles. The third-order valence-corrected chi connectivity index (χ3v) is 4.53. The van der Waals surface area contributed by atoms with Crippen molar-refractivity contribution in [1.29, 1.82) is 0 Å². The molecule has 0 heterocycles. The van der Waals surface area contributed by atoms with Gasteiger partial charge in [0.15, 0.2) is 0 Å². The summed E-state index contributed by atoms with van der Waals surface area (Å²) in [7, 11) is 0. The first-order chi connectivity index (χ1) is 8.54. The average Bonchev–Trinajstić information content (AvgIpc) is 2.37. The lowest BCUT2D eigenvalue weighted by atomic mass is 9.75. The fourth-order valence-corrected chi connectivity index (χ4v) is 2.93. The summed E-state index contributed by atoms with van der Waals surface area (Å²) >= 11 is 5.20. The normalized spacial score (nSPS) is 27.8. The highest BCUT2D eigenvalue weighted by Gasteiger charge is 2.38. The predicted octanol–water partition coefficient (Wildman–Crippen LogP) is 2.92. The van der Waals surface area contributed by atoms with Gasteiger partial charge in [-0.15, -0.1) is 0 Å². The molecule has 1 amide bonds. The van der Waals surface area contributed by atoms with Gasteiger partial charge in [0.1, 0.15) is 0 Å². The highest BCUT2D eigenvalue weighted by molar-refractivity contribution is 7.80. The topological polar surface area (TPSA) is 55.1 Å². The van der Waals surface area contributed by atoms with Gasteiger partial charge in [0, 0.05) is 6.42 Å². The third kappa shape index (κ3) is 3.94. The predicted molar refractivity (Wildman–Crippen MR) is 79.4 cm³/mol. The number of hydrogen-bond donors (Lipinski definition) is 2. The number of rotatable bonds is 6. The zero-order valence-electron chi connectivity index (χ0n) is 11.6. The summed E-state index contributed by atoms with van der Waals surface area (Å²) in [5.41, 5.74) is 5.47. The fourth-order valence-electron chi connectivity index (χ4n) is 2.68. The van der Waals surface area contributed by atoms with E-state index in [-0.39, 0.29) is 5.91 Å². The lowest BCUT2D eigenvalue weighted by molar-refractivity contribution is -0.122. The van der Waals surface area contributed by atoms with Gasteiger partial charge in [-0.05, 0) is 38.0 Å². The first-order valence-corrected chi connectivity index (χ1v) is 7.55. The lowest BCUT2D eigenvalue weighted by Gasteiger charge is -2.40. The second-order valence-corrected chi connectivity index (χ2v) is 5.89. The number of nitrogens with one attached hydrogen (secondary N) is 1. The SMILES string of the molecule is CCCCC(=O)NC1(C(N)=S)CCC(CC)CC1. The fraction of sp³-hybridized carbons (Fsp3) is 0.857. The molecule has 0 radical (unpaired) electrons. The molecule has 0 aliphatic heterocycles. The van der Waals surface area contributed by atoms with Crippen molar-refractivity contribution >= 4 is 23.1 Å². The minimum atomic E-state index is -0.411. The number of carbonyl (C=O) groups excluding carboxylic acids is 1. The quantitative estimate of drug-likeness (QED) is 0.730. The van der Waals surface area contributed by atoms with E-state index in [1.54, 1.807) is 0 Å². The summed E-state index contributed by atoms with van der Waals surface area (Å²) in [5, 5.41) is 3.11. The molecule has 0 aromatic carbocycles. The molecule has 1 fully saturated rings. The van der Waals surface area contributed by atoms with Crippen LogP contribution in [0.15, 0.2) is 0 Å². The maximum Gasteiger partial charge on any atom is 0.220 e. The molecule has 0 unspecified atom stereocenters. The van der Waals surface area contributed by atoms with E-state index in [9.17, 15) is 4.79 Å². The van der Waals surface area contributed by atoms with Crippen LogP contribution in [0.1, 0.15) is 65.2 Å². The van der Waals surface area contributed by atoms with Crippen LogP contribution >= 0.6 is 12.2 Å². The molecule has 0 saturated heterocycles. The maximum absolute atomic E-state index is 11.9. The third-order valence-electron chi connectivity index (χ3n) is 4.14. The van der Waals surface area contributed by atoms with E-state index in [1.165, 1.54) is 6.42 Å². The number of carbonyl (C=O) groups is 1. The van der Waals surface area contributed by atoms with Crippen LogP contribution in [0.2, 0.25) is 0 Å². The number of nitrogens with two attached hydrogens (primary N) is 1. The Balaban J connectivity index is 2.60. The summed E-state index contributed by atoms with van der Waals surface area (Å²) in [4.78, 5) is 12.4. The van der Waals surface area contributed by atoms with Gasteiger partial charge >= 0.3 is 0 Å². The summed E-state index contributed by atoms with van der Waals surface area (Å²) in [6.45, 7) is 4.31. The Morgan fingerprint density at radius 2 is 2.00 bits per heavy atom. The molecule has 3 nitrogen and oxygen atoms in total. The number of unbranched alkanes of at least 4 members (excludes halogenated alkanes) is 1. The number of hydrogen-bond acceptors (Lipinski definition) is 2. The van der Waals surface area contributed by atoms with Crippen LogP contribution in [-0.4, -0.2) is 16.4 Å². The highest BCUT2D eigenvalue weighted by atomic mass is 32.1. The van der Waals surface area contributed by atoms with Gasteiger partial charge < -0.3 is 11.1 Å². The van der Waals surface area contributed by atoms with Crippen molar-refractivity contribution in [1.82, 2.24) is 5.32 Å². The van der Waals surface area contributed by atoms with Crippen molar-refractivity contribution in [2.45, 2.75) is 70.8 Å². The first-order valence-electron chi connectivity index (χ1n) is 7.15. The van der Waals surface area contributed by atoms with E-state index in [2.05, 4.69) is 19.2 Å². The standard InChI is InChI=1S/C14H26N2OS/c1-3-5-6-12(17)16-14(13(15)18)9-7-11(4-2)8-10-14/h11H,3-10H2,1-2H3,(H2,15,18)(H,16,17). The lowest BCUT2D eigenvalue weighted by Crippen LogP contribution is -2.58. The van der Waals surface area contributed by atoms with Crippen molar-refractivity contribution in [3.8, 4) is 0 Å². The molecule has 0 spiro atoms. The van der Waals surface area contributed by atoms with Crippen LogP contribution in [0.25, 0.3) is 0 Å². The molecule has 0 aromatic rings. The second kappa shape index (κ2) is 7.07. The Hall–Kier alpha value is -0.640. The average molecular weight is 270 g/mol. The Morgan fingerprint density at radius 3 is 2.44 bits per heavy atom. The van der Waals surface area contributed by atoms with Gasteiger partial charge in [-0.25, -0.2) is 0 Å². The molecular weight excluding hydrogens is 244 g/mol. The van der Waals surface area contributed by atoms with Crippen LogP contribution in [0.3, 0.4) is 0 Å². The first kappa shape index (κ1) is 15.4. The van der Waals surface area contributed by atoms with E-state index in [4.69, 9.17) is 18.0 Å². The van der Waals surface area contributed by atoms with Crippen molar-refractivity contribution in [2.75, 3.05) is 0 Å². The molecule has 0 aromatic heterocycles. The molecule has 1 rings (SSSR count). The minimum absolute atomic E-state index is 0.0969. The number of thiocarbonyl (C=S) groups is 1. The van der Waals surface area contributed by atoms with E-state index < -0.39 is 5.54 Å². The maximum atomic E-state index is 11.9. The largest absolute Gasteiger partial charge is 0.391 e.